The van der Waals surface area contributed by atoms with Crippen LogP contribution in [0.2, 0.25) is 0 Å². The summed E-state index contributed by atoms with van der Waals surface area (Å²) in [6.45, 7) is 8.72. The first-order valence-electron chi connectivity index (χ1n) is 13.7. The van der Waals surface area contributed by atoms with Crippen molar-refractivity contribution in [1.82, 2.24) is 15.5 Å². The number of ether oxygens (including phenoxy) is 1. The monoisotopic (exact) mass is 570 g/mol. The van der Waals surface area contributed by atoms with Crippen LogP contribution < -0.4 is 10.6 Å². The molecule has 0 aromatic heterocycles. The van der Waals surface area contributed by atoms with Crippen LogP contribution in [-0.2, 0) is 27.3 Å². The molecule has 3 N–H and O–H groups in total. The molecular formula is C33H38N4O5. The van der Waals surface area contributed by atoms with Gasteiger partial charge in [-0.05, 0) is 69.0 Å². The van der Waals surface area contributed by atoms with Crippen molar-refractivity contribution in [2.45, 2.75) is 65.3 Å². The normalized spacial score (nSPS) is 12.4. The van der Waals surface area contributed by atoms with Gasteiger partial charge in [0.2, 0.25) is 11.8 Å². The number of nitriles is 1. The number of aromatic hydroxyl groups is 1. The zero-order valence-corrected chi connectivity index (χ0v) is 24.7. The molecule has 9 heteroatoms. The number of nitrogens with one attached hydrogen (secondary N) is 2. The van der Waals surface area contributed by atoms with E-state index in [2.05, 4.69) is 10.6 Å². The van der Waals surface area contributed by atoms with Crippen LogP contribution in [0, 0.1) is 25.2 Å². The molecule has 0 bridgehead atoms. The van der Waals surface area contributed by atoms with Crippen LogP contribution in [0.5, 0.6) is 5.75 Å². The van der Waals surface area contributed by atoms with Gasteiger partial charge in [-0.25, -0.2) is 4.79 Å². The van der Waals surface area contributed by atoms with Crippen molar-refractivity contribution < 1.29 is 24.2 Å². The van der Waals surface area contributed by atoms with Crippen molar-refractivity contribution in [2.24, 2.45) is 0 Å². The third kappa shape index (κ3) is 9.10. The second kappa shape index (κ2) is 14.2. The fourth-order valence-corrected chi connectivity index (χ4v) is 4.56. The zero-order valence-electron chi connectivity index (χ0n) is 24.7. The van der Waals surface area contributed by atoms with Gasteiger partial charge in [0.05, 0.1) is 6.07 Å². The Morgan fingerprint density at radius 1 is 0.976 bits per heavy atom. The molecule has 9 nitrogen and oxygen atoms in total. The average molecular weight is 571 g/mol. The largest absolute Gasteiger partial charge is 0.508 e. The number of alkyl carbamates (subject to hydrolysis) is 1. The number of carbonyl (C=O) groups excluding carboxylic acids is 3. The fraction of sp³-hybridized carbons (Fsp3) is 0.333. The first-order chi connectivity index (χ1) is 19.9. The second-order valence-corrected chi connectivity index (χ2v) is 11.2. The van der Waals surface area contributed by atoms with Gasteiger partial charge >= 0.3 is 6.09 Å². The van der Waals surface area contributed by atoms with Gasteiger partial charge in [0.25, 0.3) is 0 Å². The third-order valence-electron chi connectivity index (χ3n) is 6.48. The summed E-state index contributed by atoms with van der Waals surface area (Å²) in [6.07, 6.45) is -0.779. The van der Waals surface area contributed by atoms with Gasteiger partial charge in [0, 0.05) is 13.0 Å². The molecule has 0 saturated carbocycles. The molecule has 0 spiro atoms. The molecule has 3 aromatic rings. The Balaban J connectivity index is 2.03. The number of amides is 3. The fourth-order valence-electron chi connectivity index (χ4n) is 4.56. The molecule has 2 atom stereocenters. The number of hydrogen-bond acceptors (Lipinski definition) is 6. The van der Waals surface area contributed by atoms with E-state index in [4.69, 9.17) is 4.74 Å². The van der Waals surface area contributed by atoms with E-state index in [1.54, 1.807) is 39.0 Å². The van der Waals surface area contributed by atoms with Crippen molar-refractivity contribution in [3.63, 3.8) is 0 Å². The van der Waals surface area contributed by atoms with E-state index in [0.29, 0.717) is 11.1 Å². The Bertz CT molecular complexity index is 1430. The topological polar surface area (TPSA) is 132 Å². The summed E-state index contributed by atoms with van der Waals surface area (Å²) in [5, 5.41) is 25.1. The minimum atomic E-state index is -1.17. The summed E-state index contributed by atoms with van der Waals surface area (Å²) >= 11 is 0. The van der Waals surface area contributed by atoms with Crippen molar-refractivity contribution in [3.05, 3.63) is 101 Å². The maximum atomic E-state index is 14.3. The van der Waals surface area contributed by atoms with Crippen molar-refractivity contribution in [2.75, 3.05) is 6.54 Å². The van der Waals surface area contributed by atoms with Crippen LogP contribution >= 0.6 is 0 Å². The van der Waals surface area contributed by atoms with E-state index < -0.39 is 42.1 Å². The number of phenolic OH excluding ortho intramolecular Hbond substituents is 1. The SMILES string of the molecule is Cc1ccc(C(C(=O)NCc2ccccc2)N(CC#N)C(=O)C(Cc2ccc(O)cc2)NC(=O)OC(C)(C)C)c(C)c1. The van der Waals surface area contributed by atoms with Crippen molar-refractivity contribution >= 4 is 17.9 Å². The highest BCUT2D eigenvalue weighted by Crippen LogP contribution is 2.27. The second-order valence-electron chi connectivity index (χ2n) is 11.2. The highest BCUT2D eigenvalue weighted by Gasteiger charge is 2.37. The molecule has 0 aliphatic rings. The quantitative estimate of drug-likeness (QED) is 0.299. The van der Waals surface area contributed by atoms with Gasteiger partial charge < -0.3 is 25.4 Å². The molecule has 0 aliphatic heterocycles. The molecule has 0 radical (unpaired) electrons. The van der Waals surface area contributed by atoms with Crippen LogP contribution in [-0.4, -0.2) is 46.1 Å². The average Bonchev–Trinajstić information content (AvgIpc) is 2.92. The number of benzene rings is 3. The van der Waals surface area contributed by atoms with Crippen molar-refractivity contribution in [3.8, 4) is 11.8 Å². The smallest absolute Gasteiger partial charge is 0.408 e. The Morgan fingerprint density at radius 3 is 2.24 bits per heavy atom. The zero-order chi connectivity index (χ0) is 30.9. The molecule has 0 fully saturated rings. The molecule has 3 aromatic carbocycles. The molecule has 220 valence electrons. The van der Waals surface area contributed by atoms with Crippen LogP contribution in [0.3, 0.4) is 0 Å². The number of rotatable bonds is 10. The predicted molar refractivity (Wildman–Crippen MR) is 159 cm³/mol. The number of aryl methyl sites for hydroxylation is 2. The summed E-state index contributed by atoms with van der Waals surface area (Å²) in [4.78, 5) is 42.1. The van der Waals surface area contributed by atoms with E-state index in [0.717, 1.165) is 16.7 Å². The Hall–Kier alpha value is -4.84. The molecule has 0 heterocycles. The number of hydrogen-bond donors (Lipinski definition) is 3. The molecule has 42 heavy (non-hydrogen) atoms. The highest BCUT2D eigenvalue weighted by atomic mass is 16.6. The molecule has 3 amide bonds. The first kappa shape index (κ1) is 31.7. The van der Waals surface area contributed by atoms with Gasteiger partial charge in [-0.15, -0.1) is 0 Å². The number of nitrogens with zero attached hydrogens (tertiary/aromatic N) is 2. The maximum absolute atomic E-state index is 14.3. The Morgan fingerprint density at radius 2 is 1.64 bits per heavy atom. The molecular weight excluding hydrogens is 532 g/mol. The minimum Gasteiger partial charge on any atom is -0.508 e. The summed E-state index contributed by atoms with van der Waals surface area (Å²) in [6, 6.07) is 20.8. The van der Waals surface area contributed by atoms with Crippen molar-refractivity contribution in [1.29, 1.82) is 5.26 Å². The van der Waals surface area contributed by atoms with E-state index >= 15 is 0 Å². The van der Waals surface area contributed by atoms with Gasteiger partial charge in [-0.3, -0.25) is 9.59 Å². The third-order valence-corrected chi connectivity index (χ3v) is 6.48. The number of carbonyl (C=O) groups is 3. The van der Waals surface area contributed by atoms with Crippen LogP contribution in [0.15, 0.2) is 72.8 Å². The molecule has 0 saturated heterocycles. The summed E-state index contributed by atoms with van der Waals surface area (Å²) < 4.78 is 5.42. The van der Waals surface area contributed by atoms with Crippen LogP contribution in [0.25, 0.3) is 0 Å². The first-order valence-corrected chi connectivity index (χ1v) is 13.7. The molecule has 0 aliphatic carbocycles. The molecule has 2 unspecified atom stereocenters. The standard InChI is InChI=1S/C33H38N4O5/c1-22-11-16-27(23(2)19-22)29(30(39)35-21-25-9-7-6-8-10-25)37(18-17-34)31(40)28(36-32(41)42-33(3,4)5)20-24-12-14-26(38)15-13-24/h6-16,19,28-29,38H,18,20-21H2,1-5H3,(H,35,39)(H,36,41). The Labute approximate surface area is 247 Å². The summed E-state index contributed by atoms with van der Waals surface area (Å²) in [7, 11) is 0. The van der Waals surface area contributed by atoms with E-state index in [1.807, 2.05) is 62.4 Å². The predicted octanol–water partition coefficient (Wildman–Crippen LogP) is 4.85. The van der Waals surface area contributed by atoms with Gasteiger partial charge in [0.1, 0.15) is 30.0 Å². The maximum Gasteiger partial charge on any atom is 0.408 e. The lowest BCUT2D eigenvalue weighted by Gasteiger charge is -2.33. The number of phenols is 1. The lowest BCUT2D eigenvalue weighted by Crippen LogP contribution is -2.54. The van der Waals surface area contributed by atoms with Gasteiger partial charge in [-0.2, -0.15) is 5.26 Å². The van der Waals surface area contributed by atoms with E-state index in [1.165, 1.54) is 17.0 Å². The van der Waals surface area contributed by atoms with Gasteiger partial charge in [0.15, 0.2) is 0 Å². The van der Waals surface area contributed by atoms with E-state index in [9.17, 15) is 24.8 Å². The Kier molecular flexibility index (Phi) is 10.7. The lowest BCUT2D eigenvalue weighted by molar-refractivity contribution is -0.141. The highest BCUT2D eigenvalue weighted by molar-refractivity contribution is 5.92. The summed E-state index contributed by atoms with van der Waals surface area (Å²) in [5.41, 5.74) is 3.03. The van der Waals surface area contributed by atoms with Gasteiger partial charge in [-0.1, -0.05) is 66.2 Å². The summed E-state index contributed by atoms with van der Waals surface area (Å²) in [5.74, 6) is -1.04. The van der Waals surface area contributed by atoms with E-state index in [-0.39, 0.29) is 18.7 Å². The minimum absolute atomic E-state index is 0.0333. The molecule has 3 rings (SSSR count). The van der Waals surface area contributed by atoms with Crippen LogP contribution in [0.1, 0.15) is 54.6 Å². The lowest BCUT2D eigenvalue weighted by atomic mass is 9.95. The van der Waals surface area contributed by atoms with Crippen LogP contribution in [0.4, 0.5) is 4.79 Å².